The van der Waals surface area contributed by atoms with Gasteiger partial charge in [0.2, 0.25) is 10.0 Å². The summed E-state index contributed by atoms with van der Waals surface area (Å²) in [5, 5.41) is 3.47. The SMILES string of the molecule is CC1CCCC(Nc2ccc(S(=O)(=O)N3CCCC3)cn2)CC1. The summed E-state index contributed by atoms with van der Waals surface area (Å²) in [6, 6.07) is 3.94. The third kappa shape index (κ3) is 4.04. The molecular formula is C17H27N3O2S. The van der Waals surface area contributed by atoms with Crippen molar-refractivity contribution in [1.29, 1.82) is 0 Å². The van der Waals surface area contributed by atoms with Crippen molar-refractivity contribution in [2.75, 3.05) is 18.4 Å². The minimum absolute atomic E-state index is 0.305. The first-order chi connectivity index (χ1) is 11.1. The van der Waals surface area contributed by atoms with Crippen molar-refractivity contribution in [3.05, 3.63) is 18.3 Å². The Kier molecular flexibility index (Phi) is 5.21. The summed E-state index contributed by atoms with van der Waals surface area (Å²) in [7, 11) is -3.36. The molecule has 1 aliphatic carbocycles. The molecule has 0 spiro atoms. The third-order valence-electron chi connectivity index (χ3n) is 5.05. The first kappa shape index (κ1) is 16.7. The molecule has 3 rings (SSSR count). The molecule has 2 heterocycles. The van der Waals surface area contributed by atoms with Gasteiger partial charge >= 0.3 is 0 Å². The predicted molar refractivity (Wildman–Crippen MR) is 91.9 cm³/mol. The average molecular weight is 337 g/mol. The molecule has 1 saturated heterocycles. The van der Waals surface area contributed by atoms with Gasteiger partial charge in [0, 0.05) is 25.3 Å². The molecule has 1 aromatic heterocycles. The molecule has 5 nitrogen and oxygen atoms in total. The lowest BCUT2D eigenvalue weighted by Gasteiger charge is -2.18. The van der Waals surface area contributed by atoms with Gasteiger partial charge in [0.25, 0.3) is 0 Å². The van der Waals surface area contributed by atoms with Crippen LogP contribution < -0.4 is 5.32 Å². The van der Waals surface area contributed by atoms with Crippen molar-refractivity contribution >= 4 is 15.8 Å². The molecule has 1 N–H and O–H groups in total. The van der Waals surface area contributed by atoms with Crippen LogP contribution in [0, 0.1) is 5.92 Å². The van der Waals surface area contributed by atoms with Crippen LogP contribution in [0.1, 0.15) is 51.9 Å². The number of aromatic nitrogens is 1. The fraction of sp³-hybridized carbons (Fsp3) is 0.706. The van der Waals surface area contributed by atoms with Crippen LogP contribution in [0.4, 0.5) is 5.82 Å². The topological polar surface area (TPSA) is 62.3 Å². The molecule has 2 aliphatic rings. The van der Waals surface area contributed by atoms with E-state index in [0.29, 0.717) is 24.0 Å². The van der Waals surface area contributed by atoms with E-state index < -0.39 is 10.0 Å². The number of hydrogen-bond donors (Lipinski definition) is 1. The van der Waals surface area contributed by atoms with Crippen molar-refractivity contribution in [2.45, 2.75) is 62.8 Å². The van der Waals surface area contributed by atoms with E-state index in [-0.39, 0.29) is 0 Å². The summed E-state index contributed by atoms with van der Waals surface area (Å²) in [6.45, 7) is 3.57. The largest absolute Gasteiger partial charge is 0.367 e. The zero-order valence-electron chi connectivity index (χ0n) is 13.9. The van der Waals surface area contributed by atoms with Gasteiger partial charge in [-0.2, -0.15) is 4.31 Å². The van der Waals surface area contributed by atoms with E-state index in [1.165, 1.54) is 31.9 Å². The molecule has 0 amide bonds. The van der Waals surface area contributed by atoms with E-state index in [0.717, 1.165) is 31.0 Å². The van der Waals surface area contributed by atoms with Gasteiger partial charge in [0.15, 0.2) is 0 Å². The summed E-state index contributed by atoms with van der Waals surface area (Å²) in [4.78, 5) is 4.65. The number of sulfonamides is 1. The number of pyridine rings is 1. The van der Waals surface area contributed by atoms with E-state index in [1.807, 2.05) is 0 Å². The van der Waals surface area contributed by atoms with Crippen LogP contribution in [-0.2, 0) is 10.0 Å². The number of hydrogen-bond acceptors (Lipinski definition) is 4. The van der Waals surface area contributed by atoms with Gasteiger partial charge in [-0.05, 0) is 50.2 Å². The molecule has 1 saturated carbocycles. The van der Waals surface area contributed by atoms with E-state index in [9.17, 15) is 8.42 Å². The van der Waals surface area contributed by atoms with Gasteiger partial charge in [-0.3, -0.25) is 0 Å². The lowest BCUT2D eigenvalue weighted by Crippen LogP contribution is -2.28. The van der Waals surface area contributed by atoms with Crippen LogP contribution in [0.3, 0.4) is 0 Å². The number of nitrogens with zero attached hydrogens (tertiary/aromatic N) is 2. The molecule has 0 aromatic carbocycles. The molecule has 128 valence electrons. The summed E-state index contributed by atoms with van der Waals surface area (Å²) in [5.41, 5.74) is 0. The fourth-order valence-corrected chi connectivity index (χ4v) is 5.00. The minimum Gasteiger partial charge on any atom is -0.367 e. The van der Waals surface area contributed by atoms with Gasteiger partial charge in [-0.15, -0.1) is 0 Å². The first-order valence-corrected chi connectivity index (χ1v) is 10.2. The van der Waals surface area contributed by atoms with Crippen LogP contribution >= 0.6 is 0 Å². The lowest BCUT2D eigenvalue weighted by molar-refractivity contribution is 0.477. The van der Waals surface area contributed by atoms with Crippen molar-refractivity contribution in [2.24, 2.45) is 5.92 Å². The zero-order chi connectivity index (χ0) is 16.3. The van der Waals surface area contributed by atoms with Gasteiger partial charge in [0.05, 0.1) is 0 Å². The molecule has 1 aromatic rings. The van der Waals surface area contributed by atoms with E-state index in [4.69, 9.17) is 0 Å². The second kappa shape index (κ2) is 7.18. The van der Waals surface area contributed by atoms with Crippen LogP contribution in [-0.4, -0.2) is 36.8 Å². The van der Waals surface area contributed by atoms with Crippen LogP contribution in [0.15, 0.2) is 23.2 Å². The Morgan fingerprint density at radius 3 is 2.57 bits per heavy atom. The molecule has 0 radical (unpaired) electrons. The zero-order valence-corrected chi connectivity index (χ0v) is 14.7. The molecule has 0 bridgehead atoms. The summed E-state index contributed by atoms with van der Waals surface area (Å²) in [6.07, 6.45) is 9.53. The summed E-state index contributed by atoms with van der Waals surface area (Å²) < 4.78 is 26.5. The van der Waals surface area contributed by atoms with Crippen molar-refractivity contribution in [1.82, 2.24) is 9.29 Å². The maximum atomic E-state index is 12.5. The van der Waals surface area contributed by atoms with E-state index >= 15 is 0 Å². The van der Waals surface area contributed by atoms with Gasteiger partial charge in [-0.25, -0.2) is 13.4 Å². The molecule has 23 heavy (non-hydrogen) atoms. The molecular weight excluding hydrogens is 310 g/mol. The number of anilines is 1. The van der Waals surface area contributed by atoms with E-state index in [2.05, 4.69) is 17.2 Å². The van der Waals surface area contributed by atoms with E-state index in [1.54, 1.807) is 16.4 Å². The highest BCUT2D eigenvalue weighted by molar-refractivity contribution is 7.89. The number of nitrogens with one attached hydrogen (secondary N) is 1. The number of rotatable bonds is 4. The second-order valence-corrected chi connectivity index (χ2v) is 8.88. The Morgan fingerprint density at radius 2 is 1.87 bits per heavy atom. The Morgan fingerprint density at radius 1 is 1.09 bits per heavy atom. The maximum absolute atomic E-state index is 12.5. The molecule has 1 aliphatic heterocycles. The standard InChI is InChI=1S/C17H27N3O2S/c1-14-5-4-6-15(8-7-14)19-17-10-9-16(13-18-17)23(21,22)20-11-2-3-12-20/h9-10,13-15H,2-8,11-12H2,1H3,(H,18,19). The Labute approximate surface area is 139 Å². The quantitative estimate of drug-likeness (QED) is 0.857. The summed E-state index contributed by atoms with van der Waals surface area (Å²) in [5.74, 6) is 1.59. The Bertz CT molecular complexity index is 609. The third-order valence-corrected chi connectivity index (χ3v) is 6.93. The maximum Gasteiger partial charge on any atom is 0.244 e. The van der Waals surface area contributed by atoms with Crippen LogP contribution in [0.2, 0.25) is 0 Å². The average Bonchev–Trinajstić information content (AvgIpc) is 3.01. The molecule has 2 unspecified atom stereocenters. The highest BCUT2D eigenvalue weighted by Crippen LogP contribution is 2.25. The normalized spacial score (nSPS) is 26.8. The summed E-state index contributed by atoms with van der Waals surface area (Å²) >= 11 is 0. The van der Waals surface area contributed by atoms with Crippen LogP contribution in [0.5, 0.6) is 0 Å². The molecule has 6 heteroatoms. The monoisotopic (exact) mass is 337 g/mol. The van der Waals surface area contributed by atoms with Crippen molar-refractivity contribution in [3.8, 4) is 0 Å². The first-order valence-electron chi connectivity index (χ1n) is 8.78. The lowest BCUT2D eigenvalue weighted by atomic mass is 10.0. The van der Waals surface area contributed by atoms with Gasteiger partial charge < -0.3 is 5.32 Å². The minimum atomic E-state index is -3.36. The van der Waals surface area contributed by atoms with Crippen molar-refractivity contribution < 1.29 is 8.42 Å². The van der Waals surface area contributed by atoms with Gasteiger partial charge in [-0.1, -0.05) is 19.8 Å². The molecule has 2 atom stereocenters. The molecule has 2 fully saturated rings. The predicted octanol–water partition coefficient (Wildman–Crippen LogP) is 3.25. The second-order valence-electron chi connectivity index (χ2n) is 6.95. The van der Waals surface area contributed by atoms with Crippen molar-refractivity contribution in [3.63, 3.8) is 0 Å². The smallest absolute Gasteiger partial charge is 0.244 e. The highest BCUT2D eigenvalue weighted by Gasteiger charge is 2.27. The van der Waals surface area contributed by atoms with Gasteiger partial charge in [0.1, 0.15) is 10.7 Å². The van der Waals surface area contributed by atoms with Crippen LogP contribution in [0.25, 0.3) is 0 Å². The Balaban J connectivity index is 1.65. The Hall–Kier alpha value is -1.14. The fourth-order valence-electron chi connectivity index (χ4n) is 3.54. The highest BCUT2D eigenvalue weighted by atomic mass is 32.2.